The molecule has 2 amide bonds. The smallest absolute Gasteiger partial charge is 0.406 e. The minimum atomic E-state index is -4.19. The minimum Gasteiger partial charge on any atom is -0.530 e. The topological polar surface area (TPSA) is 167 Å². The van der Waals surface area contributed by atoms with Crippen molar-refractivity contribution in [2.45, 2.75) is 68.9 Å². The molecule has 2 aromatic carbocycles. The Morgan fingerprint density at radius 2 is 1.81 bits per heavy atom. The Morgan fingerprint density at radius 3 is 2.45 bits per heavy atom. The number of nitrogens with one attached hydrogen (secondary N) is 1. The number of sulfonamides is 1. The van der Waals surface area contributed by atoms with Crippen molar-refractivity contribution < 1.29 is 47.2 Å². The summed E-state index contributed by atoms with van der Waals surface area (Å²) < 4.78 is 50.9. The van der Waals surface area contributed by atoms with E-state index >= 15 is 0 Å². The van der Waals surface area contributed by atoms with E-state index in [4.69, 9.17) is 14.2 Å². The van der Waals surface area contributed by atoms with E-state index in [1.165, 1.54) is 30.7 Å². The zero-order valence-electron chi connectivity index (χ0n) is 27.4. The molecule has 0 spiro atoms. The molecular formula is C33H46N3O10S-. The van der Waals surface area contributed by atoms with Crippen molar-refractivity contribution in [2.24, 2.45) is 11.3 Å². The Bertz CT molecular complexity index is 1420. The van der Waals surface area contributed by atoms with Gasteiger partial charge in [0.2, 0.25) is 10.0 Å². The predicted octanol–water partition coefficient (Wildman–Crippen LogP) is 2.23. The predicted molar refractivity (Wildman–Crippen MR) is 170 cm³/mol. The number of ether oxygens (including phenoxy) is 4. The molecule has 13 nitrogen and oxygen atoms in total. The zero-order chi connectivity index (χ0) is 34.2. The minimum absolute atomic E-state index is 0.000152. The van der Waals surface area contributed by atoms with Crippen molar-refractivity contribution in [2.75, 3.05) is 47.1 Å². The van der Waals surface area contributed by atoms with Crippen molar-refractivity contribution in [3.63, 3.8) is 0 Å². The zero-order valence-corrected chi connectivity index (χ0v) is 28.2. The number of amides is 2. The number of carbonyl (C=O) groups is 2. The van der Waals surface area contributed by atoms with Crippen LogP contribution >= 0.6 is 0 Å². The number of nitrogens with zero attached hydrogens (tertiary/aromatic N) is 2. The van der Waals surface area contributed by atoms with Gasteiger partial charge >= 0.3 is 6.09 Å². The fourth-order valence-corrected chi connectivity index (χ4v) is 8.03. The van der Waals surface area contributed by atoms with Crippen LogP contribution in [0.4, 0.5) is 9.59 Å². The number of fused-ring (bicyclic) bond motifs is 1. The van der Waals surface area contributed by atoms with Crippen LogP contribution < -0.4 is 15.2 Å². The van der Waals surface area contributed by atoms with E-state index in [0.717, 1.165) is 10.5 Å². The average Bonchev–Trinajstić information content (AvgIpc) is 3.68. The molecule has 2 saturated heterocycles. The number of hydrogen-bond donors (Lipinski definition) is 2. The molecule has 0 saturated carbocycles. The highest BCUT2D eigenvalue weighted by Crippen LogP contribution is 2.36. The van der Waals surface area contributed by atoms with E-state index < -0.39 is 58.6 Å². The van der Waals surface area contributed by atoms with E-state index in [1.807, 2.05) is 44.2 Å². The Morgan fingerprint density at radius 1 is 1.11 bits per heavy atom. The summed E-state index contributed by atoms with van der Waals surface area (Å²) in [7, 11) is -1.43. The Hall–Kier alpha value is -3.43. The summed E-state index contributed by atoms with van der Waals surface area (Å²) in [5.74, 6) is 0.240. The van der Waals surface area contributed by atoms with Gasteiger partial charge in [-0.1, -0.05) is 44.2 Å². The number of benzene rings is 2. The van der Waals surface area contributed by atoms with Gasteiger partial charge < -0.3 is 44.2 Å². The number of carboxylic acid groups (broad SMARTS) is 1. The summed E-state index contributed by atoms with van der Waals surface area (Å²) in [6.07, 6.45) is -2.25. The van der Waals surface area contributed by atoms with E-state index in [9.17, 15) is 28.2 Å². The molecule has 14 heteroatoms. The molecule has 0 bridgehead atoms. The first-order valence-corrected chi connectivity index (χ1v) is 17.2. The first-order valence-electron chi connectivity index (χ1n) is 15.8. The van der Waals surface area contributed by atoms with Gasteiger partial charge in [-0.25, -0.2) is 13.2 Å². The lowest BCUT2D eigenvalue weighted by molar-refractivity contribution is -0.273. The first-order chi connectivity index (χ1) is 22.4. The van der Waals surface area contributed by atoms with Gasteiger partial charge in [0, 0.05) is 25.6 Å². The second-order valence-corrected chi connectivity index (χ2v) is 14.7. The lowest BCUT2D eigenvalue weighted by atomic mass is 9.87. The van der Waals surface area contributed by atoms with Crippen LogP contribution in [0.25, 0.3) is 0 Å². The van der Waals surface area contributed by atoms with Crippen LogP contribution in [0.5, 0.6) is 5.75 Å². The van der Waals surface area contributed by atoms with E-state index in [-0.39, 0.29) is 30.4 Å². The second-order valence-electron chi connectivity index (χ2n) is 12.7. The maximum Gasteiger partial charge on any atom is 0.406 e. The number of aliphatic hydroxyl groups is 1. The second kappa shape index (κ2) is 16.1. The molecule has 0 unspecified atom stereocenters. The van der Waals surface area contributed by atoms with Crippen LogP contribution in [0.1, 0.15) is 38.7 Å². The van der Waals surface area contributed by atoms with E-state index in [2.05, 4.69) is 10.1 Å². The van der Waals surface area contributed by atoms with Gasteiger partial charge in [-0.15, -0.1) is 0 Å². The van der Waals surface area contributed by atoms with Gasteiger partial charge in [-0.05, 0) is 60.9 Å². The van der Waals surface area contributed by atoms with Crippen LogP contribution in [-0.4, -0.2) is 106 Å². The normalized spacial score (nSPS) is 20.8. The molecular weight excluding hydrogens is 630 g/mol. The highest BCUT2D eigenvalue weighted by atomic mass is 32.2. The number of hydrogen-bond acceptors (Lipinski definition) is 10. The summed E-state index contributed by atoms with van der Waals surface area (Å²) in [6.45, 7) is 4.25. The average molecular weight is 677 g/mol. The van der Waals surface area contributed by atoms with Crippen molar-refractivity contribution >= 4 is 22.2 Å². The quantitative estimate of drug-likeness (QED) is 0.252. The molecule has 2 fully saturated rings. The molecule has 2 aliphatic heterocycles. The maximum absolute atomic E-state index is 14.2. The van der Waals surface area contributed by atoms with Crippen LogP contribution in [-0.2, 0) is 30.7 Å². The largest absolute Gasteiger partial charge is 0.530 e. The molecule has 0 aromatic heterocycles. The highest BCUT2D eigenvalue weighted by Gasteiger charge is 2.47. The highest BCUT2D eigenvalue weighted by molar-refractivity contribution is 7.89. The Labute approximate surface area is 276 Å². The maximum atomic E-state index is 14.2. The number of alkyl carbamates (subject to hydrolysis) is 1. The summed E-state index contributed by atoms with van der Waals surface area (Å²) in [6, 6.07) is 13.4. The van der Waals surface area contributed by atoms with Gasteiger partial charge in [-0.2, -0.15) is 4.31 Å². The molecule has 47 heavy (non-hydrogen) atoms. The van der Waals surface area contributed by atoms with Crippen LogP contribution in [0.3, 0.4) is 0 Å². The monoisotopic (exact) mass is 676 g/mol. The Kier molecular flexibility index (Phi) is 12.5. The molecule has 260 valence electrons. The number of aliphatic hydroxyl groups excluding tert-OH is 1. The lowest BCUT2D eigenvalue weighted by Gasteiger charge is -2.43. The molecule has 2 aromatic rings. The van der Waals surface area contributed by atoms with Crippen molar-refractivity contribution in [1.29, 1.82) is 0 Å². The molecule has 0 aliphatic carbocycles. The number of methoxy groups -OCH3 is 2. The number of carbonyl (C=O) groups excluding carboxylic acids is 2. The van der Waals surface area contributed by atoms with Gasteiger partial charge in [-0.3, -0.25) is 0 Å². The van der Waals surface area contributed by atoms with E-state index in [1.54, 1.807) is 12.1 Å². The van der Waals surface area contributed by atoms with Crippen molar-refractivity contribution in [3.8, 4) is 5.75 Å². The van der Waals surface area contributed by atoms with Crippen LogP contribution in [0.2, 0.25) is 0 Å². The Balaban J connectivity index is 1.66. The van der Waals surface area contributed by atoms with Gasteiger partial charge in [0.05, 0.1) is 50.5 Å². The van der Waals surface area contributed by atoms with Crippen LogP contribution in [0, 0.1) is 11.3 Å². The van der Waals surface area contributed by atoms with E-state index in [0.29, 0.717) is 38.2 Å². The van der Waals surface area contributed by atoms with Gasteiger partial charge in [0.15, 0.2) is 6.29 Å². The van der Waals surface area contributed by atoms with Crippen LogP contribution in [0.15, 0.2) is 59.5 Å². The fourth-order valence-electron chi connectivity index (χ4n) is 6.38. The molecule has 2 heterocycles. The molecule has 5 atom stereocenters. The summed E-state index contributed by atoms with van der Waals surface area (Å²) >= 11 is 0. The third kappa shape index (κ3) is 9.35. The van der Waals surface area contributed by atoms with Gasteiger partial charge in [0.1, 0.15) is 11.8 Å². The standard InChI is InChI=1S/C33H47N3O10S/c1-33(2,16-8-17-34-31(38)44-4)22-35(47(41,42)25-13-11-24(43-3)12-14-25)20-29(37)27(19-23-9-6-5-7-10-23)36(32(39)40)28-21-46-30-26(28)15-18-45-30/h5-7,9-14,26-30,37H,8,15-22H2,1-4H3,(H,34,38)(H,39,40)/p-1/t26-,27-,28-,29+,30+/m0/s1. The number of rotatable bonds is 16. The van der Waals surface area contributed by atoms with Crippen molar-refractivity contribution in [1.82, 2.24) is 14.5 Å². The molecule has 4 rings (SSSR count). The summed E-state index contributed by atoms with van der Waals surface area (Å²) in [5.41, 5.74) is 0.164. The molecule has 0 radical (unpaired) electrons. The first kappa shape index (κ1) is 36.4. The molecule has 2 aliphatic rings. The summed E-state index contributed by atoms with van der Waals surface area (Å²) in [5, 5.41) is 27.4. The molecule has 2 N–H and O–H groups in total. The van der Waals surface area contributed by atoms with Gasteiger partial charge in [0.25, 0.3) is 0 Å². The third-order valence-electron chi connectivity index (χ3n) is 8.84. The SMILES string of the molecule is COC(=O)NCCCC(C)(C)CN(C[C@@H](O)[C@H](Cc1ccccc1)N(C(=O)[O-])[C@H]1CO[C@H]2OCC[C@H]21)S(=O)(=O)c1ccc(OC)cc1. The fraction of sp³-hybridized carbons (Fsp3) is 0.576. The lowest BCUT2D eigenvalue weighted by Crippen LogP contribution is -2.61. The third-order valence-corrected chi connectivity index (χ3v) is 10.7. The van der Waals surface area contributed by atoms with Crippen molar-refractivity contribution in [3.05, 3.63) is 60.2 Å². The summed E-state index contributed by atoms with van der Waals surface area (Å²) in [4.78, 5) is 25.5.